The zero-order chi connectivity index (χ0) is 26.5. The van der Waals surface area contributed by atoms with Crippen LogP contribution in [0.3, 0.4) is 0 Å². The van der Waals surface area contributed by atoms with Gasteiger partial charge in [0.05, 0.1) is 42.3 Å². The van der Waals surface area contributed by atoms with Crippen LogP contribution in [-0.4, -0.2) is 57.3 Å². The van der Waals surface area contributed by atoms with Gasteiger partial charge >= 0.3 is 0 Å². The summed E-state index contributed by atoms with van der Waals surface area (Å²) >= 11 is 0. The van der Waals surface area contributed by atoms with Crippen molar-refractivity contribution in [2.24, 2.45) is 5.41 Å². The molecule has 196 valence electrons. The average Bonchev–Trinajstić information content (AvgIpc) is 3.39. The summed E-state index contributed by atoms with van der Waals surface area (Å²) in [4.78, 5) is 29.4. The Hall–Kier alpha value is -4.19. The lowest BCUT2D eigenvalue weighted by Gasteiger charge is -2.35. The van der Waals surface area contributed by atoms with Crippen molar-refractivity contribution in [1.29, 1.82) is 0 Å². The Balaban J connectivity index is 1.44. The van der Waals surface area contributed by atoms with Crippen LogP contribution < -0.4 is 10.6 Å². The summed E-state index contributed by atoms with van der Waals surface area (Å²) < 4.78 is 25.5. The number of anilines is 2. The van der Waals surface area contributed by atoms with Crippen LogP contribution in [0.2, 0.25) is 0 Å². The van der Waals surface area contributed by atoms with Crippen LogP contribution in [0.1, 0.15) is 19.0 Å². The number of aromatic amines is 1. The molecule has 0 bridgehead atoms. The van der Waals surface area contributed by atoms with Crippen molar-refractivity contribution in [2.45, 2.75) is 13.2 Å². The summed E-state index contributed by atoms with van der Waals surface area (Å²) in [6, 6.07) is 17.3. The van der Waals surface area contributed by atoms with E-state index in [2.05, 4.69) is 25.6 Å². The minimum absolute atomic E-state index is 0.0928. The van der Waals surface area contributed by atoms with E-state index >= 15 is 0 Å². The summed E-state index contributed by atoms with van der Waals surface area (Å²) in [6.45, 7) is 1.92. The third kappa shape index (κ3) is 5.54. The average molecular weight is 519 g/mol. The number of rotatable bonds is 8. The molecule has 2 aromatic carbocycles. The number of H-pyrrole nitrogens is 1. The number of carbonyl (C=O) groups is 1. The lowest BCUT2D eigenvalue weighted by atomic mass is 9.91. The SMILES string of the molecule is CC1(C(=O)NCCO)COC(c2nc(-c3ccc(F)cc3)c(-c3ccnc(Nc4ccccc4)n3)[nH]2)OC1. The van der Waals surface area contributed by atoms with Gasteiger partial charge in [0.25, 0.3) is 0 Å². The molecule has 1 aliphatic heterocycles. The van der Waals surface area contributed by atoms with E-state index in [-0.39, 0.29) is 38.1 Å². The number of halogens is 1. The quantitative estimate of drug-likeness (QED) is 0.278. The summed E-state index contributed by atoms with van der Waals surface area (Å²) in [5, 5.41) is 14.8. The fraction of sp³-hybridized carbons (Fsp3) is 0.259. The maximum absolute atomic E-state index is 13.7. The first-order chi connectivity index (χ1) is 18.4. The van der Waals surface area contributed by atoms with Gasteiger partial charge in [0.15, 0.2) is 5.82 Å². The zero-order valence-electron chi connectivity index (χ0n) is 20.6. The Morgan fingerprint density at radius 3 is 2.55 bits per heavy atom. The highest BCUT2D eigenvalue weighted by molar-refractivity contribution is 5.82. The number of aliphatic hydroxyl groups excluding tert-OH is 1. The third-order valence-corrected chi connectivity index (χ3v) is 6.06. The molecule has 5 rings (SSSR count). The fourth-order valence-electron chi connectivity index (χ4n) is 3.99. The van der Waals surface area contributed by atoms with Crippen molar-refractivity contribution in [3.8, 4) is 22.6 Å². The van der Waals surface area contributed by atoms with E-state index in [0.29, 0.717) is 34.4 Å². The predicted molar refractivity (Wildman–Crippen MR) is 138 cm³/mol. The molecular weight excluding hydrogens is 491 g/mol. The molecule has 3 heterocycles. The standard InChI is InChI=1S/C27H27FN6O4/c1-27(25(36)29-13-14-35)15-37-24(38-16-27)23-33-21(17-7-9-18(28)10-8-17)22(34-23)20-11-12-30-26(32-20)31-19-5-3-2-4-6-19/h2-12,24,35H,13-16H2,1H3,(H,29,36)(H,33,34)(H,30,31,32). The summed E-state index contributed by atoms with van der Waals surface area (Å²) in [5.74, 6) is 0.148. The van der Waals surface area contributed by atoms with Gasteiger partial charge in [-0.15, -0.1) is 0 Å². The Labute approximate surface area is 218 Å². The molecule has 10 nitrogen and oxygen atoms in total. The molecule has 0 spiro atoms. The number of imidazole rings is 1. The van der Waals surface area contributed by atoms with E-state index in [1.54, 1.807) is 31.3 Å². The molecule has 1 saturated heterocycles. The van der Waals surface area contributed by atoms with Crippen LogP contribution >= 0.6 is 0 Å². The second kappa shape index (κ2) is 11.1. The van der Waals surface area contributed by atoms with Gasteiger partial charge in [-0.3, -0.25) is 4.79 Å². The summed E-state index contributed by atoms with van der Waals surface area (Å²) in [6.07, 6.45) is 0.775. The third-order valence-electron chi connectivity index (χ3n) is 6.06. The van der Waals surface area contributed by atoms with Crippen LogP contribution in [0, 0.1) is 11.2 Å². The van der Waals surface area contributed by atoms with Gasteiger partial charge in [-0.1, -0.05) is 18.2 Å². The normalized spacial score (nSPS) is 19.2. The molecule has 0 aliphatic carbocycles. The first-order valence-corrected chi connectivity index (χ1v) is 12.1. The van der Waals surface area contributed by atoms with Gasteiger partial charge in [0.2, 0.25) is 18.1 Å². The fourth-order valence-corrected chi connectivity index (χ4v) is 3.99. The predicted octanol–water partition coefficient (Wildman–Crippen LogP) is 3.58. The molecule has 38 heavy (non-hydrogen) atoms. The molecule has 11 heteroatoms. The monoisotopic (exact) mass is 518 g/mol. The van der Waals surface area contributed by atoms with Gasteiger partial charge in [-0.05, 0) is 49.4 Å². The number of aromatic nitrogens is 4. The summed E-state index contributed by atoms with van der Waals surface area (Å²) in [7, 11) is 0. The van der Waals surface area contributed by atoms with Gasteiger partial charge in [0, 0.05) is 24.0 Å². The first kappa shape index (κ1) is 25.5. The second-order valence-electron chi connectivity index (χ2n) is 9.10. The van der Waals surface area contributed by atoms with E-state index in [1.807, 2.05) is 30.3 Å². The van der Waals surface area contributed by atoms with Crippen LogP contribution in [0.4, 0.5) is 16.0 Å². The molecular formula is C27H27FN6O4. The molecule has 4 N–H and O–H groups in total. The smallest absolute Gasteiger partial charge is 0.230 e. The summed E-state index contributed by atoms with van der Waals surface area (Å²) in [5.41, 5.74) is 2.26. The van der Waals surface area contributed by atoms with Gasteiger partial charge < -0.3 is 30.2 Å². The number of para-hydroxylation sites is 1. The van der Waals surface area contributed by atoms with Crippen LogP contribution in [0.5, 0.6) is 0 Å². The number of hydrogen-bond donors (Lipinski definition) is 4. The molecule has 2 aromatic heterocycles. The van der Waals surface area contributed by atoms with Crippen LogP contribution in [-0.2, 0) is 14.3 Å². The number of nitrogens with zero attached hydrogens (tertiary/aromatic N) is 3. The van der Waals surface area contributed by atoms with Crippen molar-refractivity contribution in [2.75, 3.05) is 31.7 Å². The number of nitrogens with one attached hydrogen (secondary N) is 3. The van der Waals surface area contributed by atoms with Crippen LogP contribution in [0.25, 0.3) is 22.6 Å². The highest BCUT2D eigenvalue weighted by Gasteiger charge is 2.40. The highest BCUT2D eigenvalue weighted by Crippen LogP contribution is 2.35. The largest absolute Gasteiger partial charge is 0.395 e. The molecule has 0 saturated carbocycles. The van der Waals surface area contributed by atoms with E-state index < -0.39 is 11.7 Å². The van der Waals surface area contributed by atoms with E-state index in [4.69, 9.17) is 19.6 Å². The van der Waals surface area contributed by atoms with E-state index in [9.17, 15) is 9.18 Å². The first-order valence-electron chi connectivity index (χ1n) is 12.1. The minimum atomic E-state index is -0.911. The zero-order valence-corrected chi connectivity index (χ0v) is 20.6. The number of benzene rings is 2. The Kier molecular flexibility index (Phi) is 7.40. The second-order valence-corrected chi connectivity index (χ2v) is 9.10. The Morgan fingerprint density at radius 1 is 1.11 bits per heavy atom. The maximum Gasteiger partial charge on any atom is 0.230 e. The number of ether oxygens (including phenoxy) is 2. The molecule has 1 fully saturated rings. The topological polar surface area (TPSA) is 134 Å². The minimum Gasteiger partial charge on any atom is -0.395 e. The number of amides is 1. The van der Waals surface area contributed by atoms with Gasteiger partial charge in [-0.25, -0.2) is 19.3 Å². The van der Waals surface area contributed by atoms with Crippen LogP contribution in [0.15, 0.2) is 66.9 Å². The van der Waals surface area contributed by atoms with Crippen molar-refractivity contribution in [1.82, 2.24) is 25.3 Å². The van der Waals surface area contributed by atoms with E-state index in [1.165, 1.54) is 12.1 Å². The Morgan fingerprint density at radius 2 is 1.84 bits per heavy atom. The molecule has 1 aliphatic rings. The van der Waals surface area contributed by atoms with Crippen molar-refractivity contribution < 1.29 is 23.8 Å². The number of aliphatic hydroxyl groups is 1. The highest BCUT2D eigenvalue weighted by atomic mass is 19.1. The van der Waals surface area contributed by atoms with Crippen molar-refractivity contribution in [3.63, 3.8) is 0 Å². The van der Waals surface area contributed by atoms with Crippen molar-refractivity contribution in [3.05, 3.63) is 78.5 Å². The number of hydrogen-bond acceptors (Lipinski definition) is 8. The molecule has 0 atom stereocenters. The molecule has 1 amide bonds. The van der Waals surface area contributed by atoms with Gasteiger partial charge in [-0.2, -0.15) is 0 Å². The van der Waals surface area contributed by atoms with E-state index in [0.717, 1.165) is 5.69 Å². The lowest BCUT2D eigenvalue weighted by Crippen LogP contribution is -2.49. The maximum atomic E-state index is 13.7. The lowest BCUT2D eigenvalue weighted by molar-refractivity contribution is -0.231. The van der Waals surface area contributed by atoms with Crippen molar-refractivity contribution >= 4 is 17.5 Å². The molecule has 4 aromatic rings. The molecule has 0 unspecified atom stereocenters. The molecule has 0 radical (unpaired) electrons. The van der Waals surface area contributed by atoms with Gasteiger partial charge in [0.1, 0.15) is 5.82 Å². The number of carbonyl (C=O) groups excluding carboxylic acids is 1. The Bertz CT molecular complexity index is 1390.